The number of carbonyl (C=O) groups excluding carboxylic acids is 2. The number of aryl methyl sites for hydroxylation is 1. The first-order valence-electron chi connectivity index (χ1n) is 6.18. The van der Waals surface area contributed by atoms with E-state index in [4.69, 9.17) is 0 Å². The first kappa shape index (κ1) is 11.1. The molecule has 0 unspecified atom stereocenters. The lowest BCUT2D eigenvalue weighted by atomic mass is 10.0. The highest BCUT2D eigenvalue weighted by Gasteiger charge is 2.25. The van der Waals surface area contributed by atoms with E-state index in [9.17, 15) is 9.59 Å². The molecule has 0 atom stereocenters. The van der Waals surface area contributed by atoms with Crippen LogP contribution in [0, 0.1) is 0 Å². The van der Waals surface area contributed by atoms with Crippen LogP contribution >= 0.6 is 0 Å². The fourth-order valence-corrected chi connectivity index (χ4v) is 2.42. The van der Waals surface area contributed by atoms with Gasteiger partial charge in [-0.25, -0.2) is 0 Å². The number of carbonyl (C=O) groups is 2. The van der Waals surface area contributed by atoms with Gasteiger partial charge in [0.1, 0.15) is 6.54 Å². The lowest BCUT2D eigenvalue weighted by molar-refractivity contribution is -0.128. The summed E-state index contributed by atoms with van der Waals surface area (Å²) in [4.78, 5) is 24.7. The van der Waals surface area contributed by atoms with Crippen molar-refractivity contribution in [3.05, 3.63) is 23.8 Å². The maximum absolute atomic E-state index is 11.8. The van der Waals surface area contributed by atoms with Crippen molar-refractivity contribution in [3.8, 4) is 0 Å². The topological polar surface area (TPSA) is 61.4 Å². The summed E-state index contributed by atoms with van der Waals surface area (Å²) in [6.07, 6.45) is 2.12. The maximum Gasteiger partial charge on any atom is 0.246 e. The Morgan fingerprint density at radius 1 is 1.17 bits per heavy atom. The summed E-state index contributed by atoms with van der Waals surface area (Å²) in [5.74, 6) is -0.163. The summed E-state index contributed by atoms with van der Waals surface area (Å²) in [6.45, 7) is 1.20. The molecule has 2 aliphatic rings. The Hall–Kier alpha value is -2.04. The van der Waals surface area contributed by atoms with Gasteiger partial charge in [-0.15, -0.1) is 0 Å². The van der Waals surface area contributed by atoms with E-state index in [0.717, 1.165) is 30.8 Å². The molecular formula is C13H15N3O2. The summed E-state index contributed by atoms with van der Waals surface area (Å²) in [5.41, 5.74) is 3.17. The van der Waals surface area contributed by atoms with Crippen molar-refractivity contribution in [1.82, 2.24) is 5.32 Å². The molecule has 1 aromatic rings. The van der Waals surface area contributed by atoms with Crippen LogP contribution in [-0.2, 0) is 16.0 Å². The second kappa shape index (κ2) is 4.33. The van der Waals surface area contributed by atoms with Gasteiger partial charge >= 0.3 is 0 Å². The molecule has 2 amide bonds. The molecule has 2 N–H and O–H groups in total. The molecule has 2 aliphatic heterocycles. The van der Waals surface area contributed by atoms with Gasteiger partial charge in [-0.1, -0.05) is 0 Å². The van der Waals surface area contributed by atoms with Crippen LogP contribution in [0.25, 0.3) is 0 Å². The van der Waals surface area contributed by atoms with Crippen molar-refractivity contribution in [2.45, 2.75) is 12.8 Å². The van der Waals surface area contributed by atoms with E-state index in [1.807, 2.05) is 18.2 Å². The highest BCUT2D eigenvalue weighted by atomic mass is 16.2. The van der Waals surface area contributed by atoms with Crippen LogP contribution in [0.3, 0.4) is 0 Å². The van der Waals surface area contributed by atoms with Crippen LogP contribution in [0.15, 0.2) is 18.2 Å². The molecule has 94 valence electrons. The summed E-state index contributed by atoms with van der Waals surface area (Å²) in [6, 6.07) is 5.90. The normalized spacial score (nSPS) is 19.0. The van der Waals surface area contributed by atoms with Gasteiger partial charge in [-0.3, -0.25) is 9.59 Å². The number of piperazine rings is 1. The van der Waals surface area contributed by atoms with Gasteiger partial charge < -0.3 is 15.5 Å². The minimum Gasteiger partial charge on any atom is -0.385 e. The standard InChI is InChI=1S/C13H15N3O2/c17-12-8-16(13(18)7-15-12)10-3-4-11-9(6-10)2-1-5-14-11/h3-4,6,14H,1-2,5,7-8H2,(H,15,17). The molecular weight excluding hydrogens is 230 g/mol. The number of nitrogens with one attached hydrogen (secondary N) is 2. The van der Waals surface area contributed by atoms with Gasteiger partial charge in [0.15, 0.2) is 0 Å². The van der Waals surface area contributed by atoms with E-state index in [1.165, 1.54) is 5.56 Å². The largest absolute Gasteiger partial charge is 0.385 e. The monoisotopic (exact) mass is 245 g/mol. The van der Waals surface area contributed by atoms with E-state index in [2.05, 4.69) is 10.6 Å². The van der Waals surface area contributed by atoms with Gasteiger partial charge in [0.25, 0.3) is 0 Å². The smallest absolute Gasteiger partial charge is 0.246 e. The molecule has 5 nitrogen and oxygen atoms in total. The number of hydrogen-bond donors (Lipinski definition) is 2. The van der Waals surface area contributed by atoms with E-state index < -0.39 is 0 Å². The number of rotatable bonds is 1. The molecule has 0 aromatic heterocycles. The minimum atomic E-state index is -0.106. The van der Waals surface area contributed by atoms with Crippen molar-refractivity contribution in [1.29, 1.82) is 0 Å². The fourth-order valence-electron chi connectivity index (χ4n) is 2.42. The first-order valence-corrected chi connectivity index (χ1v) is 6.18. The maximum atomic E-state index is 11.8. The zero-order chi connectivity index (χ0) is 12.5. The molecule has 3 rings (SSSR count). The van der Waals surface area contributed by atoms with E-state index >= 15 is 0 Å². The van der Waals surface area contributed by atoms with E-state index in [1.54, 1.807) is 4.90 Å². The van der Waals surface area contributed by atoms with Crippen molar-refractivity contribution < 1.29 is 9.59 Å². The molecule has 0 bridgehead atoms. The Kier molecular flexibility index (Phi) is 2.66. The molecule has 5 heteroatoms. The van der Waals surface area contributed by atoms with Gasteiger partial charge in [-0.2, -0.15) is 0 Å². The van der Waals surface area contributed by atoms with Crippen molar-refractivity contribution in [2.75, 3.05) is 29.9 Å². The molecule has 0 saturated carbocycles. The summed E-state index contributed by atoms with van der Waals surface area (Å²) >= 11 is 0. The molecule has 0 spiro atoms. The average Bonchev–Trinajstić information content (AvgIpc) is 2.41. The number of amides is 2. The van der Waals surface area contributed by atoms with Crippen LogP contribution in [0.2, 0.25) is 0 Å². The quantitative estimate of drug-likeness (QED) is 0.757. The highest BCUT2D eigenvalue weighted by molar-refractivity contribution is 6.04. The number of hydrogen-bond acceptors (Lipinski definition) is 3. The first-order chi connectivity index (χ1) is 8.74. The van der Waals surface area contributed by atoms with Crippen molar-refractivity contribution in [2.24, 2.45) is 0 Å². The minimum absolute atomic E-state index is 0.0571. The van der Waals surface area contributed by atoms with E-state index in [-0.39, 0.29) is 24.9 Å². The molecule has 1 saturated heterocycles. The number of nitrogens with zero attached hydrogens (tertiary/aromatic N) is 1. The third-order valence-electron chi connectivity index (χ3n) is 3.38. The molecule has 1 fully saturated rings. The van der Waals surface area contributed by atoms with E-state index in [0.29, 0.717) is 0 Å². The second-order valence-corrected chi connectivity index (χ2v) is 4.63. The number of benzene rings is 1. The zero-order valence-electron chi connectivity index (χ0n) is 10.0. The second-order valence-electron chi connectivity index (χ2n) is 4.63. The van der Waals surface area contributed by atoms with Crippen LogP contribution in [0.1, 0.15) is 12.0 Å². The van der Waals surface area contributed by atoms with Crippen LogP contribution in [0.5, 0.6) is 0 Å². The third kappa shape index (κ3) is 1.92. The zero-order valence-corrected chi connectivity index (χ0v) is 10.0. The van der Waals surface area contributed by atoms with Gasteiger partial charge in [0.05, 0.1) is 6.54 Å². The van der Waals surface area contributed by atoms with Crippen LogP contribution < -0.4 is 15.5 Å². The lowest BCUT2D eigenvalue weighted by Crippen LogP contribution is -2.51. The molecule has 0 aliphatic carbocycles. The predicted molar refractivity (Wildman–Crippen MR) is 68.6 cm³/mol. The van der Waals surface area contributed by atoms with Crippen molar-refractivity contribution >= 4 is 23.2 Å². The summed E-state index contributed by atoms with van der Waals surface area (Å²) < 4.78 is 0. The number of anilines is 2. The Morgan fingerprint density at radius 2 is 2.06 bits per heavy atom. The Labute approximate surface area is 105 Å². The van der Waals surface area contributed by atoms with Crippen LogP contribution in [-0.4, -0.2) is 31.4 Å². The Balaban J connectivity index is 1.91. The fraction of sp³-hybridized carbons (Fsp3) is 0.385. The Morgan fingerprint density at radius 3 is 2.94 bits per heavy atom. The van der Waals surface area contributed by atoms with Gasteiger partial charge in [0.2, 0.25) is 11.8 Å². The molecule has 0 radical (unpaired) electrons. The molecule has 18 heavy (non-hydrogen) atoms. The highest BCUT2D eigenvalue weighted by Crippen LogP contribution is 2.27. The Bertz CT molecular complexity index is 513. The third-order valence-corrected chi connectivity index (χ3v) is 3.38. The van der Waals surface area contributed by atoms with Crippen LogP contribution in [0.4, 0.5) is 11.4 Å². The molecule has 2 heterocycles. The average molecular weight is 245 g/mol. The lowest BCUT2D eigenvalue weighted by Gasteiger charge is -2.28. The van der Waals surface area contributed by atoms with Gasteiger partial charge in [0, 0.05) is 17.9 Å². The predicted octanol–water partition coefficient (Wildman–Crippen LogP) is 0.507. The SMILES string of the molecule is O=C1CN(c2ccc3c(c2)CCCN3)C(=O)CN1. The summed E-state index contributed by atoms with van der Waals surface area (Å²) in [7, 11) is 0. The summed E-state index contributed by atoms with van der Waals surface area (Å²) in [5, 5.41) is 5.88. The van der Waals surface area contributed by atoms with Gasteiger partial charge in [-0.05, 0) is 36.6 Å². The number of fused-ring (bicyclic) bond motifs is 1. The van der Waals surface area contributed by atoms with Crippen molar-refractivity contribution in [3.63, 3.8) is 0 Å². The molecule has 1 aromatic carbocycles.